The lowest BCUT2D eigenvalue weighted by Gasteiger charge is -2.31. The summed E-state index contributed by atoms with van der Waals surface area (Å²) >= 11 is 0. The number of rotatable bonds is 3. The van der Waals surface area contributed by atoms with Crippen LogP contribution in [-0.4, -0.2) is 38.7 Å². The second-order valence-corrected chi connectivity index (χ2v) is 5.63. The van der Waals surface area contributed by atoms with Crippen LogP contribution in [-0.2, 0) is 17.8 Å². The lowest BCUT2D eigenvalue weighted by Crippen LogP contribution is -2.38. The normalized spacial score (nSPS) is 19.7. The number of piperidine rings is 1. The molecule has 3 rings (SSSR count). The molecule has 0 aliphatic carbocycles. The van der Waals surface area contributed by atoms with E-state index in [2.05, 4.69) is 21.7 Å². The number of hydrogen-bond donors (Lipinski definition) is 0. The molecule has 1 fully saturated rings. The summed E-state index contributed by atoms with van der Waals surface area (Å²) in [5, 5.41) is 8.67. The summed E-state index contributed by atoms with van der Waals surface area (Å²) in [4.78, 5) is 13.9. The first-order chi connectivity index (χ1) is 9.29. The Morgan fingerprint density at radius 2 is 2.05 bits per heavy atom. The maximum atomic E-state index is 11.9. The van der Waals surface area contributed by atoms with Crippen molar-refractivity contribution in [2.24, 2.45) is 0 Å². The topological polar surface area (TPSA) is 51.0 Å². The largest absolute Gasteiger partial charge is 0.343 e. The molecule has 0 N–H and O–H groups in total. The van der Waals surface area contributed by atoms with Gasteiger partial charge in [-0.3, -0.25) is 4.79 Å². The van der Waals surface area contributed by atoms with Crippen molar-refractivity contribution in [3.63, 3.8) is 0 Å². The molecule has 0 atom stereocenters. The van der Waals surface area contributed by atoms with Gasteiger partial charge in [-0.05, 0) is 25.7 Å². The van der Waals surface area contributed by atoms with Crippen LogP contribution < -0.4 is 0 Å². The van der Waals surface area contributed by atoms with Crippen LogP contribution in [0.4, 0.5) is 0 Å². The maximum Gasteiger partial charge on any atom is 0.222 e. The van der Waals surface area contributed by atoms with E-state index in [0.29, 0.717) is 18.2 Å². The minimum absolute atomic E-state index is 0.312. The lowest BCUT2D eigenvalue weighted by atomic mass is 9.95. The van der Waals surface area contributed by atoms with Crippen LogP contribution in [0.25, 0.3) is 0 Å². The van der Waals surface area contributed by atoms with Gasteiger partial charge in [-0.15, -0.1) is 10.2 Å². The molecule has 1 amide bonds. The summed E-state index contributed by atoms with van der Waals surface area (Å²) in [6, 6.07) is 0. The van der Waals surface area contributed by atoms with E-state index < -0.39 is 0 Å². The van der Waals surface area contributed by atoms with Gasteiger partial charge in [0.25, 0.3) is 0 Å². The Bertz CT molecular complexity index is 460. The average molecular weight is 262 g/mol. The predicted octanol–water partition coefficient (Wildman–Crippen LogP) is 1.73. The van der Waals surface area contributed by atoms with Gasteiger partial charge in [0.1, 0.15) is 11.6 Å². The number of aromatic nitrogens is 3. The molecule has 0 saturated carbocycles. The highest BCUT2D eigenvalue weighted by Crippen LogP contribution is 2.29. The third-order valence-electron chi connectivity index (χ3n) is 4.31. The second-order valence-electron chi connectivity index (χ2n) is 5.63. The first-order valence-corrected chi connectivity index (χ1v) is 7.49. The summed E-state index contributed by atoms with van der Waals surface area (Å²) in [6.07, 6.45) is 5.97. The fourth-order valence-corrected chi connectivity index (χ4v) is 3.23. The van der Waals surface area contributed by atoms with Gasteiger partial charge >= 0.3 is 0 Å². The molecule has 0 unspecified atom stereocenters. The van der Waals surface area contributed by atoms with Crippen molar-refractivity contribution < 1.29 is 4.79 Å². The summed E-state index contributed by atoms with van der Waals surface area (Å²) in [7, 11) is 0. The molecule has 5 heteroatoms. The van der Waals surface area contributed by atoms with E-state index in [1.165, 1.54) is 6.42 Å². The van der Waals surface area contributed by atoms with Crippen molar-refractivity contribution >= 4 is 5.91 Å². The zero-order valence-corrected chi connectivity index (χ0v) is 11.6. The molecule has 0 spiro atoms. The van der Waals surface area contributed by atoms with E-state index in [9.17, 15) is 4.79 Å². The van der Waals surface area contributed by atoms with Crippen LogP contribution in [0.5, 0.6) is 0 Å². The van der Waals surface area contributed by atoms with Gasteiger partial charge in [-0.1, -0.05) is 6.92 Å². The lowest BCUT2D eigenvalue weighted by molar-refractivity contribution is -0.132. The number of amides is 1. The van der Waals surface area contributed by atoms with Crippen molar-refractivity contribution in [1.82, 2.24) is 19.7 Å². The van der Waals surface area contributed by atoms with Crippen LogP contribution in [0.2, 0.25) is 0 Å². The van der Waals surface area contributed by atoms with Crippen LogP contribution in [0.15, 0.2) is 0 Å². The standard InChI is InChI=1S/C14H22N4O/c1-2-4-13(19)17-9-6-11(7-10-17)14-16-15-12-5-3-8-18(12)14/h11H,2-10H2,1H3. The number of likely N-dealkylation sites (tertiary alicyclic amines) is 1. The zero-order valence-electron chi connectivity index (χ0n) is 11.6. The van der Waals surface area contributed by atoms with E-state index in [0.717, 1.165) is 57.0 Å². The number of fused-ring (bicyclic) bond motifs is 1. The molecule has 1 aromatic rings. The summed E-state index contributed by atoms with van der Waals surface area (Å²) < 4.78 is 2.30. The van der Waals surface area contributed by atoms with Crippen LogP contribution >= 0.6 is 0 Å². The van der Waals surface area contributed by atoms with Gasteiger partial charge in [-0.25, -0.2) is 0 Å². The molecule has 0 aromatic carbocycles. The molecular formula is C14H22N4O. The van der Waals surface area contributed by atoms with E-state index in [1.807, 2.05) is 4.90 Å². The van der Waals surface area contributed by atoms with Crippen molar-refractivity contribution in [2.45, 2.75) is 57.9 Å². The SMILES string of the molecule is CCCC(=O)N1CCC(c2nnc3n2CCC3)CC1. The molecule has 3 heterocycles. The Labute approximate surface area is 114 Å². The second kappa shape index (κ2) is 5.31. The van der Waals surface area contributed by atoms with E-state index in [-0.39, 0.29) is 0 Å². The molecule has 0 radical (unpaired) electrons. The first kappa shape index (κ1) is 12.6. The number of hydrogen-bond acceptors (Lipinski definition) is 3. The molecule has 0 bridgehead atoms. The smallest absolute Gasteiger partial charge is 0.222 e. The van der Waals surface area contributed by atoms with Gasteiger partial charge < -0.3 is 9.47 Å². The number of carbonyl (C=O) groups excluding carboxylic acids is 1. The molecule has 104 valence electrons. The van der Waals surface area contributed by atoms with Crippen LogP contribution in [0.3, 0.4) is 0 Å². The minimum atomic E-state index is 0.312. The van der Waals surface area contributed by atoms with Crippen LogP contribution in [0.1, 0.15) is 56.6 Å². The average Bonchev–Trinajstić information content (AvgIpc) is 3.01. The Morgan fingerprint density at radius 1 is 1.26 bits per heavy atom. The van der Waals surface area contributed by atoms with Crippen LogP contribution in [0, 0.1) is 0 Å². The highest BCUT2D eigenvalue weighted by molar-refractivity contribution is 5.76. The number of carbonyl (C=O) groups is 1. The van der Waals surface area contributed by atoms with Crippen molar-refractivity contribution in [3.8, 4) is 0 Å². The van der Waals surface area contributed by atoms with Crippen molar-refractivity contribution in [2.75, 3.05) is 13.1 Å². The molecule has 19 heavy (non-hydrogen) atoms. The first-order valence-electron chi connectivity index (χ1n) is 7.49. The van der Waals surface area contributed by atoms with E-state index >= 15 is 0 Å². The Morgan fingerprint density at radius 3 is 2.79 bits per heavy atom. The highest BCUT2D eigenvalue weighted by atomic mass is 16.2. The minimum Gasteiger partial charge on any atom is -0.343 e. The number of aryl methyl sites for hydroxylation is 1. The fourth-order valence-electron chi connectivity index (χ4n) is 3.23. The summed E-state index contributed by atoms with van der Waals surface area (Å²) in [5.74, 6) is 3.12. The molecule has 5 nitrogen and oxygen atoms in total. The summed E-state index contributed by atoms with van der Waals surface area (Å²) in [6.45, 7) is 4.90. The quantitative estimate of drug-likeness (QED) is 0.833. The van der Waals surface area contributed by atoms with Gasteiger partial charge in [0.15, 0.2) is 0 Å². The van der Waals surface area contributed by atoms with Gasteiger partial charge in [-0.2, -0.15) is 0 Å². The van der Waals surface area contributed by atoms with Gasteiger partial charge in [0.2, 0.25) is 5.91 Å². The Hall–Kier alpha value is -1.39. The molecule has 1 aromatic heterocycles. The third kappa shape index (κ3) is 2.38. The molecule has 1 saturated heterocycles. The molecule has 2 aliphatic rings. The van der Waals surface area contributed by atoms with Gasteiger partial charge in [0.05, 0.1) is 0 Å². The van der Waals surface area contributed by atoms with E-state index in [1.54, 1.807) is 0 Å². The van der Waals surface area contributed by atoms with Crippen molar-refractivity contribution in [3.05, 3.63) is 11.6 Å². The Kier molecular flexibility index (Phi) is 3.53. The van der Waals surface area contributed by atoms with E-state index in [4.69, 9.17) is 0 Å². The van der Waals surface area contributed by atoms with Crippen molar-refractivity contribution in [1.29, 1.82) is 0 Å². The third-order valence-corrected chi connectivity index (χ3v) is 4.31. The fraction of sp³-hybridized carbons (Fsp3) is 0.786. The molecular weight excluding hydrogens is 240 g/mol. The zero-order chi connectivity index (χ0) is 13.2. The highest BCUT2D eigenvalue weighted by Gasteiger charge is 2.28. The molecule has 2 aliphatic heterocycles. The Balaban J connectivity index is 1.62. The monoisotopic (exact) mass is 262 g/mol. The predicted molar refractivity (Wildman–Crippen MR) is 71.8 cm³/mol. The van der Waals surface area contributed by atoms with Gasteiger partial charge in [0, 0.05) is 38.4 Å². The summed E-state index contributed by atoms with van der Waals surface area (Å²) in [5.41, 5.74) is 0. The number of nitrogens with zero attached hydrogens (tertiary/aromatic N) is 4. The maximum absolute atomic E-state index is 11.9.